The van der Waals surface area contributed by atoms with Crippen molar-refractivity contribution in [1.29, 1.82) is 0 Å². The van der Waals surface area contributed by atoms with Gasteiger partial charge >= 0.3 is 5.97 Å². The molecule has 0 aliphatic rings. The molecule has 0 aliphatic heterocycles. The maximum Gasteiger partial charge on any atom is 0.307 e. The summed E-state index contributed by atoms with van der Waals surface area (Å²) in [5, 5.41) is 20.8. The number of rotatable bonds is 6. The lowest BCUT2D eigenvalue weighted by Crippen LogP contribution is -2.21. The number of anilines is 2. The third-order valence-electron chi connectivity index (χ3n) is 3.74. The van der Waals surface area contributed by atoms with Crippen molar-refractivity contribution in [3.8, 4) is 11.4 Å². The van der Waals surface area contributed by atoms with Crippen LogP contribution in [-0.4, -0.2) is 32.2 Å². The number of carboxylic acids is 1. The van der Waals surface area contributed by atoms with Gasteiger partial charge in [-0.05, 0) is 17.7 Å². The zero-order valence-electron chi connectivity index (χ0n) is 14.1. The fourth-order valence-electron chi connectivity index (χ4n) is 2.45. The number of carbonyl (C=O) groups is 2. The van der Waals surface area contributed by atoms with Crippen LogP contribution in [0.4, 0.5) is 11.5 Å². The Labute approximate surface area is 154 Å². The van der Waals surface area contributed by atoms with Crippen LogP contribution in [0.1, 0.15) is 15.9 Å². The molecule has 27 heavy (non-hydrogen) atoms. The van der Waals surface area contributed by atoms with E-state index in [9.17, 15) is 9.59 Å². The molecule has 0 fully saturated rings. The van der Waals surface area contributed by atoms with Gasteiger partial charge in [0.1, 0.15) is 11.4 Å². The van der Waals surface area contributed by atoms with Crippen molar-refractivity contribution in [2.24, 2.45) is 0 Å². The van der Waals surface area contributed by atoms with Gasteiger partial charge in [-0.2, -0.15) is 0 Å². The Kier molecular flexibility index (Phi) is 5.38. The van der Waals surface area contributed by atoms with Crippen LogP contribution in [0.15, 0.2) is 60.8 Å². The second-order valence-corrected chi connectivity index (χ2v) is 5.66. The predicted octanol–water partition coefficient (Wildman–Crippen LogP) is 2.63. The molecule has 0 aliphatic carbocycles. The fraction of sp³-hybridized carbons (Fsp3) is 0.0526. The topological polar surface area (TPSA) is 124 Å². The van der Waals surface area contributed by atoms with E-state index in [1.165, 1.54) is 6.20 Å². The highest BCUT2D eigenvalue weighted by molar-refractivity contribution is 5.98. The monoisotopic (exact) mass is 364 g/mol. The summed E-state index contributed by atoms with van der Waals surface area (Å²) >= 11 is 0. The molecule has 8 nitrogen and oxygen atoms in total. The van der Waals surface area contributed by atoms with E-state index in [0.29, 0.717) is 17.1 Å². The van der Waals surface area contributed by atoms with Crippen molar-refractivity contribution in [3.05, 3.63) is 71.9 Å². The first-order valence-corrected chi connectivity index (χ1v) is 8.01. The van der Waals surface area contributed by atoms with Crippen LogP contribution in [0.3, 0.4) is 0 Å². The van der Waals surface area contributed by atoms with Crippen LogP contribution in [-0.2, 0) is 11.2 Å². The maximum absolute atomic E-state index is 11.9. The average Bonchev–Trinajstić information content (AvgIpc) is 2.69. The molecule has 0 unspecified atom stereocenters. The van der Waals surface area contributed by atoms with Crippen molar-refractivity contribution in [1.82, 2.24) is 15.4 Å². The van der Waals surface area contributed by atoms with Crippen LogP contribution < -0.4 is 10.8 Å². The highest BCUT2D eigenvalue weighted by atomic mass is 16.5. The lowest BCUT2D eigenvalue weighted by Gasteiger charge is -2.12. The summed E-state index contributed by atoms with van der Waals surface area (Å²) in [7, 11) is 0. The van der Waals surface area contributed by atoms with E-state index in [4.69, 9.17) is 10.3 Å². The first-order chi connectivity index (χ1) is 13.1. The van der Waals surface area contributed by atoms with Gasteiger partial charge in [-0.1, -0.05) is 42.5 Å². The van der Waals surface area contributed by atoms with Crippen LogP contribution in [0.2, 0.25) is 0 Å². The van der Waals surface area contributed by atoms with Gasteiger partial charge in [-0.25, -0.2) is 15.4 Å². The Bertz CT molecular complexity index is 959. The van der Waals surface area contributed by atoms with E-state index in [1.54, 1.807) is 29.7 Å². The zero-order chi connectivity index (χ0) is 19.2. The number of amides is 1. The molecule has 8 heteroatoms. The van der Waals surface area contributed by atoms with Gasteiger partial charge in [0.2, 0.25) is 0 Å². The van der Waals surface area contributed by atoms with Gasteiger partial charge < -0.3 is 10.4 Å². The van der Waals surface area contributed by atoms with E-state index in [1.807, 2.05) is 30.3 Å². The first kappa shape index (κ1) is 18.0. The quantitative estimate of drug-likeness (QED) is 0.391. The van der Waals surface area contributed by atoms with Crippen molar-refractivity contribution in [3.63, 3.8) is 0 Å². The first-order valence-electron chi connectivity index (χ1n) is 8.01. The van der Waals surface area contributed by atoms with Gasteiger partial charge in [-0.3, -0.25) is 14.8 Å². The van der Waals surface area contributed by atoms with Crippen molar-refractivity contribution < 1.29 is 19.9 Å². The molecule has 0 bridgehead atoms. The number of hydroxylamine groups is 1. The van der Waals surface area contributed by atoms with Gasteiger partial charge in [0.15, 0.2) is 5.82 Å². The summed E-state index contributed by atoms with van der Waals surface area (Å²) in [5.74, 6) is -1.04. The standard InChI is InChI=1S/C19H16N4O4/c24-16(25)10-12-6-8-14(9-7-12)21-18-15(19(26)23-27)11-20-17(22-18)13-4-2-1-3-5-13/h1-9,11,27H,10H2,(H,23,26)(H,24,25)(H,20,21,22). The molecule has 2 aromatic carbocycles. The SMILES string of the molecule is O=C(O)Cc1ccc(Nc2nc(-c3ccccc3)ncc2C(=O)NO)cc1. The molecule has 4 N–H and O–H groups in total. The molecule has 0 saturated heterocycles. The number of hydrogen-bond donors (Lipinski definition) is 4. The highest BCUT2D eigenvalue weighted by Crippen LogP contribution is 2.23. The lowest BCUT2D eigenvalue weighted by atomic mass is 10.1. The Morgan fingerprint density at radius 3 is 2.33 bits per heavy atom. The third kappa shape index (κ3) is 4.44. The lowest BCUT2D eigenvalue weighted by molar-refractivity contribution is -0.136. The number of aromatic nitrogens is 2. The van der Waals surface area contributed by atoms with Crippen LogP contribution in [0, 0.1) is 0 Å². The molecule has 1 amide bonds. The molecule has 0 saturated carbocycles. The summed E-state index contributed by atoms with van der Waals surface area (Å²) in [6.07, 6.45) is 1.24. The average molecular weight is 364 g/mol. The molecule has 3 aromatic rings. The van der Waals surface area contributed by atoms with Gasteiger partial charge in [0, 0.05) is 17.4 Å². The predicted molar refractivity (Wildman–Crippen MR) is 97.8 cm³/mol. The molecule has 0 spiro atoms. The van der Waals surface area contributed by atoms with E-state index < -0.39 is 11.9 Å². The molecule has 136 valence electrons. The number of carbonyl (C=O) groups excluding carboxylic acids is 1. The molecule has 3 rings (SSSR count). The molecule has 0 atom stereocenters. The largest absolute Gasteiger partial charge is 0.481 e. The van der Waals surface area contributed by atoms with E-state index >= 15 is 0 Å². The van der Waals surface area contributed by atoms with Crippen molar-refractivity contribution in [2.45, 2.75) is 6.42 Å². The van der Waals surface area contributed by atoms with Crippen molar-refractivity contribution in [2.75, 3.05) is 5.32 Å². The molecule has 1 heterocycles. The fourth-order valence-corrected chi connectivity index (χ4v) is 2.45. The summed E-state index contributed by atoms with van der Waals surface area (Å²) in [6.45, 7) is 0. The van der Waals surface area contributed by atoms with E-state index in [0.717, 1.165) is 5.56 Å². The summed E-state index contributed by atoms with van der Waals surface area (Å²) in [6, 6.07) is 15.9. The zero-order valence-corrected chi connectivity index (χ0v) is 14.1. The van der Waals surface area contributed by atoms with E-state index in [2.05, 4.69) is 15.3 Å². The molecular weight excluding hydrogens is 348 g/mol. The highest BCUT2D eigenvalue weighted by Gasteiger charge is 2.15. The summed E-state index contributed by atoms with van der Waals surface area (Å²) in [5.41, 5.74) is 3.66. The van der Waals surface area contributed by atoms with E-state index in [-0.39, 0.29) is 17.8 Å². The Morgan fingerprint density at radius 1 is 1.00 bits per heavy atom. The Morgan fingerprint density at radius 2 is 1.70 bits per heavy atom. The Balaban J connectivity index is 1.94. The normalized spacial score (nSPS) is 10.3. The third-order valence-corrected chi connectivity index (χ3v) is 3.74. The molecule has 1 aromatic heterocycles. The second-order valence-electron chi connectivity index (χ2n) is 5.66. The number of nitrogens with one attached hydrogen (secondary N) is 2. The van der Waals surface area contributed by atoms with Crippen LogP contribution >= 0.6 is 0 Å². The molecular formula is C19H16N4O4. The second kappa shape index (κ2) is 8.07. The number of aliphatic carboxylic acids is 1. The maximum atomic E-state index is 11.9. The van der Waals surface area contributed by atoms with Gasteiger partial charge in [0.05, 0.1) is 6.42 Å². The minimum Gasteiger partial charge on any atom is -0.481 e. The summed E-state index contributed by atoms with van der Waals surface area (Å²) < 4.78 is 0. The number of nitrogens with zero attached hydrogens (tertiary/aromatic N) is 2. The minimum atomic E-state index is -0.916. The number of carboxylic acid groups (broad SMARTS) is 1. The van der Waals surface area contributed by atoms with Crippen LogP contribution in [0.25, 0.3) is 11.4 Å². The number of benzene rings is 2. The van der Waals surface area contributed by atoms with Crippen LogP contribution in [0.5, 0.6) is 0 Å². The smallest absolute Gasteiger partial charge is 0.307 e. The van der Waals surface area contributed by atoms with Gasteiger partial charge in [-0.15, -0.1) is 0 Å². The Hall–Kier alpha value is -3.78. The minimum absolute atomic E-state index is 0.0618. The molecule has 0 radical (unpaired) electrons. The number of hydrogen-bond acceptors (Lipinski definition) is 6. The summed E-state index contributed by atoms with van der Waals surface area (Å²) in [4.78, 5) is 31.2. The van der Waals surface area contributed by atoms with Crippen molar-refractivity contribution >= 4 is 23.4 Å². The van der Waals surface area contributed by atoms with Gasteiger partial charge in [0.25, 0.3) is 5.91 Å².